The highest BCUT2D eigenvalue weighted by Gasteiger charge is 2.20. The monoisotopic (exact) mass is 290 g/mol. The molecule has 1 aromatic rings. The molecular weight excluding hydrogens is 276 g/mol. The van der Waals surface area contributed by atoms with Gasteiger partial charge in [-0.25, -0.2) is 4.79 Å². The van der Waals surface area contributed by atoms with Gasteiger partial charge >= 0.3 is 6.09 Å². The average Bonchev–Trinajstić information content (AvgIpc) is 2.67. The first-order valence-corrected chi connectivity index (χ1v) is 6.81. The molecule has 0 atom stereocenters. The highest BCUT2D eigenvalue weighted by Crippen LogP contribution is 2.21. The summed E-state index contributed by atoms with van der Waals surface area (Å²) in [5.74, 6) is 0. The van der Waals surface area contributed by atoms with E-state index in [1.165, 1.54) is 0 Å². The Labute approximate surface area is 123 Å². The van der Waals surface area contributed by atoms with Crippen LogP contribution in [0.15, 0.2) is 40.9 Å². The second-order valence-corrected chi connectivity index (χ2v) is 4.98. The third kappa shape index (κ3) is 3.75. The van der Waals surface area contributed by atoms with Gasteiger partial charge in [-0.3, -0.25) is 0 Å². The van der Waals surface area contributed by atoms with Crippen LogP contribution in [0.3, 0.4) is 0 Å². The van der Waals surface area contributed by atoms with Crippen molar-refractivity contribution < 1.29 is 9.53 Å². The van der Waals surface area contributed by atoms with E-state index in [0.717, 1.165) is 5.56 Å². The van der Waals surface area contributed by atoms with Crippen molar-refractivity contribution in [3.8, 4) is 6.07 Å². The summed E-state index contributed by atoms with van der Waals surface area (Å²) in [7, 11) is 0. The van der Waals surface area contributed by atoms with Gasteiger partial charge in [0.05, 0.1) is 6.07 Å². The Balaban J connectivity index is 1.87. The van der Waals surface area contributed by atoms with Gasteiger partial charge in [-0.1, -0.05) is 41.9 Å². The quantitative estimate of drug-likeness (QED) is 0.838. The Hall–Kier alpha value is -1.99. The van der Waals surface area contributed by atoms with Gasteiger partial charge in [0.2, 0.25) is 0 Å². The van der Waals surface area contributed by atoms with Crippen LogP contribution in [0.25, 0.3) is 0 Å². The van der Waals surface area contributed by atoms with E-state index < -0.39 is 0 Å². The normalized spacial score (nSPS) is 15.5. The van der Waals surface area contributed by atoms with E-state index in [1.54, 1.807) is 4.90 Å². The molecule has 0 unspecified atom stereocenters. The molecule has 2 rings (SSSR count). The van der Waals surface area contributed by atoms with Crippen molar-refractivity contribution in [1.29, 1.82) is 5.26 Å². The van der Waals surface area contributed by atoms with Gasteiger partial charge in [-0.05, 0) is 5.56 Å². The van der Waals surface area contributed by atoms with Gasteiger partial charge in [-0.15, -0.1) is 0 Å². The number of halogens is 1. The molecule has 0 N–H and O–H groups in total. The summed E-state index contributed by atoms with van der Waals surface area (Å²) >= 11 is 6.01. The fourth-order valence-corrected chi connectivity index (χ4v) is 2.21. The van der Waals surface area contributed by atoms with Crippen molar-refractivity contribution in [3.05, 3.63) is 46.5 Å². The van der Waals surface area contributed by atoms with Gasteiger partial charge in [-0.2, -0.15) is 5.26 Å². The minimum Gasteiger partial charge on any atom is -0.445 e. The zero-order valence-corrected chi connectivity index (χ0v) is 11.8. The number of ether oxygens (including phenoxy) is 1. The third-order valence-electron chi connectivity index (χ3n) is 3.16. The number of benzene rings is 1. The Morgan fingerprint density at radius 2 is 2.00 bits per heavy atom. The summed E-state index contributed by atoms with van der Waals surface area (Å²) in [4.78, 5) is 13.6. The Morgan fingerprint density at radius 3 is 2.70 bits per heavy atom. The minimum absolute atomic E-state index is 0.252. The molecule has 1 heterocycles. The van der Waals surface area contributed by atoms with Gasteiger partial charge in [0.15, 0.2) is 0 Å². The molecule has 0 aromatic heterocycles. The average molecular weight is 291 g/mol. The topological polar surface area (TPSA) is 53.3 Å². The molecule has 4 nitrogen and oxygen atoms in total. The number of carbonyl (C=O) groups excluding carboxylic acids is 1. The van der Waals surface area contributed by atoms with Gasteiger partial charge in [0, 0.05) is 36.5 Å². The lowest BCUT2D eigenvalue weighted by Gasteiger charge is -2.19. The number of nitrogens with zero attached hydrogens (tertiary/aromatic N) is 2. The van der Waals surface area contributed by atoms with E-state index in [0.29, 0.717) is 36.5 Å². The first kappa shape index (κ1) is 14.4. The maximum atomic E-state index is 12.0. The molecule has 0 saturated heterocycles. The van der Waals surface area contributed by atoms with E-state index in [2.05, 4.69) is 6.07 Å². The summed E-state index contributed by atoms with van der Waals surface area (Å²) in [6, 6.07) is 11.6. The molecule has 20 heavy (non-hydrogen) atoms. The minimum atomic E-state index is -0.363. The van der Waals surface area contributed by atoms with Crippen molar-refractivity contribution in [3.63, 3.8) is 0 Å². The Kier molecular flexibility index (Phi) is 5.03. The maximum Gasteiger partial charge on any atom is 0.410 e. The van der Waals surface area contributed by atoms with Crippen molar-refractivity contribution in [2.45, 2.75) is 19.4 Å². The first-order valence-electron chi connectivity index (χ1n) is 6.44. The number of hydrogen-bond acceptors (Lipinski definition) is 3. The lowest BCUT2D eigenvalue weighted by Crippen LogP contribution is -2.32. The third-order valence-corrected chi connectivity index (χ3v) is 3.58. The predicted octanol–water partition coefficient (Wildman–Crippen LogP) is 3.44. The molecule has 1 aromatic carbocycles. The lowest BCUT2D eigenvalue weighted by atomic mass is 10.2. The number of hydrogen-bond donors (Lipinski definition) is 0. The summed E-state index contributed by atoms with van der Waals surface area (Å²) in [6.07, 6.45) is 0.623. The molecule has 0 bridgehead atoms. The molecule has 0 fully saturated rings. The van der Waals surface area contributed by atoms with Gasteiger partial charge < -0.3 is 9.64 Å². The fraction of sp³-hybridized carbons (Fsp3) is 0.333. The maximum absolute atomic E-state index is 12.0. The van der Waals surface area contributed by atoms with Crippen LogP contribution in [-0.2, 0) is 11.3 Å². The second kappa shape index (κ2) is 6.97. The summed E-state index contributed by atoms with van der Waals surface area (Å²) < 4.78 is 5.27. The van der Waals surface area contributed by atoms with Crippen LogP contribution in [-0.4, -0.2) is 24.1 Å². The molecule has 0 spiro atoms. The van der Waals surface area contributed by atoms with Gasteiger partial charge in [0.1, 0.15) is 6.61 Å². The van der Waals surface area contributed by atoms with E-state index in [-0.39, 0.29) is 12.7 Å². The van der Waals surface area contributed by atoms with E-state index in [1.807, 2.05) is 30.3 Å². The highest BCUT2D eigenvalue weighted by atomic mass is 35.5. The number of rotatable bonds is 2. The molecular formula is C15H15ClN2O2. The van der Waals surface area contributed by atoms with Crippen LogP contribution in [0.1, 0.15) is 18.4 Å². The Morgan fingerprint density at radius 1 is 1.30 bits per heavy atom. The van der Waals surface area contributed by atoms with Crippen LogP contribution in [0.5, 0.6) is 0 Å². The fourth-order valence-electron chi connectivity index (χ4n) is 1.99. The van der Waals surface area contributed by atoms with Crippen molar-refractivity contribution in [1.82, 2.24) is 4.90 Å². The molecule has 1 amide bonds. The SMILES string of the molecule is N#CC1=C(Cl)CCN(C(=O)OCc2ccccc2)CC1. The van der Waals surface area contributed by atoms with E-state index in [4.69, 9.17) is 21.6 Å². The zero-order chi connectivity index (χ0) is 14.4. The second-order valence-electron chi connectivity index (χ2n) is 4.52. The summed E-state index contributed by atoms with van der Waals surface area (Å²) in [5.41, 5.74) is 1.51. The largest absolute Gasteiger partial charge is 0.445 e. The molecule has 1 aliphatic heterocycles. The first-order chi connectivity index (χ1) is 9.70. The molecule has 1 aliphatic rings. The summed E-state index contributed by atoms with van der Waals surface area (Å²) in [5, 5.41) is 9.48. The van der Waals surface area contributed by atoms with Gasteiger partial charge in [0.25, 0.3) is 0 Å². The molecule has 0 radical (unpaired) electrons. The molecule has 0 aliphatic carbocycles. The van der Waals surface area contributed by atoms with Crippen LogP contribution in [0.4, 0.5) is 4.79 Å². The van der Waals surface area contributed by atoms with Crippen LogP contribution in [0, 0.1) is 11.3 Å². The number of nitriles is 1. The lowest BCUT2D eigenvalue weighted by molar-refractivity contribution is 0.0978. The zero-order valence-electron chi connectivity index (χ0n) is 11.0. The van der Waals surface area contributed by atoms with Crippen molar-refractivity contribution >= 4 is 17.7 Å². The number of carbonyl (C=O) groups is 1. The van der Waals surface area contributed by atoms with Crippen LogP contribution >= 0.6 is 11.6 Å². The van der Waals surface area contributed by atoms with Crippen molar-refractivity contribution in [2.75, 3.05) is 13.1 Å². The summed E-state index contributed by atoms with van der Waals surface area (Å²) in [6.45, 7) is 1.20. The molecule has 0 saturated carbocycles. The predicted molar refractivity (Wildman–Crippen MR) is 75.9 cm³/mol. The van der Waals surface area contributed by atoms with E-state index >= 15 is 0 Å². The molecule has 5 heteroatoms. The number of amides is 1. The van der Waals surface area contributed by atoms with Crippen LogP contribution < -0.4 is 0 Å². The highest BCUT2D eigenvalue weighted by molar-refractivity contribution is 6.30. The smallest absolute Gasteiger partial charge is 0.410 e. The van der Waals surface area contributed by atoms with Crippen LogP contribution in [0.2, 0.25) is 0 Å². The Bertz CT molecular complexity index is 549. The van der Waals surface area contributed by atoms with E-state index in [9.17, 15) is 4.79 Å². The molecule has 104 valence electrons. The standard InChI is InChI=1S/C15H15ClN2O2/c16-14-7-9-18(8-6-13(14)10-17)15(19)20-11-12-4-2-1-3-5-12/h1-5H,6-9,11H2. The van der Waals surface area contributed by atoms with Crippen molar-refractivity contribution in [2.24, 2.45) is 0 Å².